The van der Waals surface area contributed by atoms with Gasteiger partial charge in [-0.25, -0.2) is 5.01 Å². The highest BCUT2D eigenvalue weighted by atomic mass is 32.2. The first-order valence-corrected chi connectivity index (χ1v) is 9.74. The second-order valence-electron chi connectivity index (χ2n) is 8.57. The fourth-order valence-electron chi connectivity index (χ4n) is 2.70. The number of hydrazone groups is 1. The van der Waals surface area contributed by atoms with Crippen LogP contribution in [0, 0.1) is 5.92 Å². The van der Waals surface area contributed by atoms with Crippen molar-refractivity contribution in [1.82, 2.24) is 5.01 Å². The summed E-state index contributed by atoms with van der Waals surface area (Å²) in [7, 11) is 0. The summed E-state index contributed by atoms with van der Waals surface area (Å²) in [6, 6.07) is 8.51. The Morgan fingerprint density at radius 3 is 2.20 bits per heavy atom. The third-order valence-corrected chi connectivity index (χ3v) is 5.65. The fourth-order valence-corrected chi connectivity index (χ4v) is 3.84. The summed E-state index contributed by atoms with van der Waals surface area (Å²) in [6.45, 7) is 11.6. The molecule has 0 saturated heterocycles. The number of nitrogens with zero attached hydrogens (tertiary/aromatic N) is 2. The molecule has 1 aromatic carbocycles. The van der Waals surface area contributed by atoms with E-state index < -0.39 is 18.1 Å². The lowest BCUT2D eigenvalue weighted by atomic mass is 9.87. The SMILES string of the molecule is CC(C)(C)c1ccc(CSC2C=NN(C(C)(C)C)C(=O)C2C[18F])cc1. The van der Waals surface area contributed by atoms with E-state index in [1.54, 1.807) is 18.0 Å². The number of rotatable bonds is 4. The zero-order chi connectivity index (χ0) is 18.8. The molecule has 5 heteroatoms. The maximum Gasteiger partial charge on any atom is 0.250 e. The van der Waals surface area contributed by atoms with Crippen molar-refractivity contribution in [3.63, 3.8) is 0 Å². The summed E-state index contributed by atoms with van der Waals surface area (Å²) in [5.74, 6) is -0.144. The summed E-state index contributed by atoms with van der Waals surface area (Å²) in [4.78, 5) is 12.5. The molecule has 3 nitrogen and oxygen atoms in total. The van der Waals surface area contributed by atoms with Crippen LogP contribution in [0.15, 0.2) is 29.4 Å². The number of benzene rings is 1. The van der Waals surface area contributed by atoms with Crippen LogP contribution < -0.4 is 0 Å². The zero-order valence-corrected chi connectivity index (χ0v) is 16.9. The van der Waals surface area contributed by atoms with Crippen LogP contribution in [-0.2, 0) is 16.0 Å². The van der Waals surface area contributed by atoms with E-state index in [1.807, 2.05) is 20.8 Å². The van der Waals surface area contributed by atoms with Gasteiger partial charge in [-0.3, -0.25) is 9.18 Å². The normalized spacial score (nSPS) is 21.7. The molecular weight excluding hydrogens is 334 g/mol. The van der Waals surface area contributed by atoms with Crippen LogP contribution in [0.2, 0.25) is 0 Å². The molecule has 0 fully saturated rings. The van der Waals surface area contributed by atoms with Gasteiger partial charge < -0.3 is 0 Å². The highest BCUT2D eigenvalue weighted by Crippen LogP contribution is 2.31. The summed E-state index contributed by atoms with van der Waals surface area (Å²) < 4.78 is 13.5. The maximum absolute atomic E-state index is 13.5. The summed E-state index contributed by atoms with van der Waals surface area (Å²) in [5, 5.41) is 5.48. The number of hydrogen-bond acceptors (Lipinski definition) is 3. The number of thioether (sulfide) groups is 1. The van der Waals surface area contributed by atoms with Gasteiger partial charge in [-0.15, -0.1) is 11.8 Å². The summed E-state index contributed by atoms with van der Waals surface area (Å²) in [6.07, 6.45) is 1.73. The van der Waals surface area contributed by atoms with E-state index in [9.17, 15) is 9.18 Å². The second-order valence-corrected chi connectivity index (χ2v) is 9.74. The molecular formula is C20H29FN2OS. The zero-order valence-electron chi connectivity index (χ0n) is 16.0. The van der Waals surface area contributed by atoms with Crippen molar-refractivity contribution in [3.8, 4) is 0 Å². The lowest BCUT2D eigenvalue weighted by Gasteiger charge is -2.37. The molecule has 0 bridgehead atoms. The summed E-state index contributed by atoms with van der Waals surface area (Å²) in [5.41, 5.74) is 2.16. The van der Waals surface area contributed by atoms with Gasteiger partial charge in [-0.2, -0.15) is 5.10 Å². The molecule has 0 N–H and O–H groups in total. The average Bonchev–Trinajstić information content (AvgIpc) is 2.51. The van der Waals surface area contributed by atoms with Crippen LogP contribution >= 0.6 is 11.8 Å². The Hall–Kier alpha value is -1.36. The van der Waals surface area contributed by atoms with Crippen LogP contribution in [0.25, 0.3) is 0 Å². The molecule has 1 heterocycles. The van der Waals surface area contributed by atoms with Crippen LogP contribution in [0.5, 0.6) is 0 Å². The number of halogens is 1. The Morgan fingerprint density at radius 2 is 1.72 bits per heavy atom. The molecule has 2 atom stereocenters. The first-order valence-electron chi connectivity index (χ1n) is 8.69. The van der Waals surface area contributed by atoms with Crippen LogP contribution in [-0.4, -0.2) is 34.6 Å². The molecule has 0 aliphatic carbocycles. The molecule has 1 aliphatic heterocycles. The van der Waals surface area contributed by atoms with Crippen LogP contribution in [0.1, 0.15) is 52.7 Å². The van der Waals surface area contributed by atoms with Crippen molar-refractivity contribution in [2.45, 2.75) is 63.5 Å². The van der Waals surface area contributed by atoms with E-state index in [1.165, 1.54) is 16.1 Å². The van der Waals surface area contributed by atoms with Crippen molar-refractivity contribution in [2.24, 2.45) is 11.0 Å². The van der Waals surface area contributed by atoms with E-state index in [0.717, 1.165) is 5.75 Å². The first kappa shape index (κ1) is 20.0. The van der Waals surface area contributed by atoms with Gasteiger partial charge in [-0.1, -0.05) is 45.0 Å². The minimum Gasteiger partial charge on any atom is -0.272 e. The predicted octanol–water partition coefficient (Wildman–Crippen LogP) is 4.80. The van der Waals surface area contributed by atoms with Crippen LogP contribution in [0.3, 0.4) is 0 Å². The van der Waals surface area contributed by atoms with Crippen molar-refractivity contribution in [2.75, 3.05) is 6.67 Å². The molecule has 0 radical (unpaired) electrons. The Kier molecular flexibility index (Phi) is 5.97. The molecule has 1 aliphatic rings. The standard InChI is InChI=1S/C20H29FN2OS/c1-19(2,3)15-9-7-14(8-10-15)13-25-17-12-22-23(20(4,5)6)18(24)16(17)11-21/h7-10,12,16-17H,11,13H2,1-6H3/i21-1. The number of hydrogen-bond donors (Lipinski definition) is 0. The van der Waals surface area contributed by atoms with E-state index >= 15 is 0 Å². The third-order valence-electron chi connectivity index (χ3n) is 4.32. The Labute approximate surface area is 155 Å². The summed E-state index contributed by atoms with van der Waals surface area (Å²) >= 11 is 1.58. The van der Waals surface area contributed by atoms with Crippen molar-refractivity contribution < 1.29 is 9.18 Å². The molecule has 138 valence electrons. The lowest BCUT2D eigenvalue weighted by Crippen LogP contribution is -2.51. The Bertz CT molecular complexity index is 629. The van der Waals surface area contributed by atoms with E-state index in [-0.39, 0.29) is 16.6 Å². The fraction of sp³-hybridized carbons (Fsp3) is 0.600. The maximum atomic E-state index is 13.5. The topological polar surface area (TPSA) is 32.7 Å². The van der Waals surface area contributed by atoms with Gasteiger partial charge in [0, 0.05) is 12.0 Å². The van der Waals surface area contributed by atoms with Gasteiger partial charge in [0.15, 0.2) is 0 Å². The van der Waals surface area contributed by atoms with Gasteiger partial charge in [0.25, 0.3) is 0 Å². The predicted molar refractivity (Wildman–Crippen MR) is 105 cm³/mol. The Balaban J connectivity index is 2.06. The first-order chi connectivity index (χ1) is 11.5. The van der Waals surface area contributed by atoms with E-state index in [4.69, 9.17) is 0 Å². The molecule has 2 rings (SSSR count). The third kappa shape index (κ3) is 4.84. The van der Waals surface area contributed by atoms with Crippen molar-refractivity contribution >= 4 is 23.9 Å². The number of alkyl halides is 1. The number of carbonyl (C=O) groups excluding carboxylic acids is 1. The van der Waals surface area contributed by atoms with Crippen LogP contribution in [0.4, 0.5) is 4.39 Å². The van der Waals surface area contributed by atoms with Gasteiger partial charge in [0.1, 0.15) is 6.67 Å². The van der Waals surface area contributed by atoms with Gasteiger partial charge in [0.2, 0.25) is 5.91 Å². The van der Waals surface area contributed by atoms with Gasteiger partial charge in [-0.05, 0) is 37.3 Å². The molecule has 1 amide bonds. The van der Waals surface area contributed by atoms with E-state index in [2.05, 4.69) is 50.1 Å². The molecule has 2 unspecified atom stereocenters. The van der Waals surface area contributed by atoms with Crippen molar-refractivity contribution in [1.29, 1.82) is 0 Å². The smallest absolute Gasteiger partial charge is 0.250 e. The van der Waals surface area contributed by atoms with Crippen molar-refractivity contribution in [3.05, 3.63) is 35.4 Å². The highest BCUT2D eigenvalue weighted by molar-refractivity contribution is 7.99. The molecule has 1 aromatic rings. The second kappa shape index (κ2) is 7.48. The van der Waals surface area contributed by atoms with Gasteiger partial charge in [0.05, 0.1) is 16.7 Å². The van der Waals surface area contributed by atoms with Gasteiger partial charge >= 0.3 is 0 Å². The molecule has 25 heavy (non-hydrogen) atoms. The minimum absolute atomic E-state index is 0.129. The lowest BCUT2D eigenvalue weighted by molar-refractivity contribution is -0.141. The molecule has 0 aromatic heterocycles. The van der Waals surface area contributed by atoms with E-state index in [0.29, 0.717) is 0 Å². The number of amides is 1. The largest absolute Gasteiger partial charge is 0.272 e. The quantitative estimate of drug-likeness (QED) is 0.770. The molecule has 0 saturated carbocycles. The minimum atomic E-state index is -0.657. The molecule has 0 spiro atoms. The average molecular weight is 364 g/mol. The highest BCUT2D eigenvalue weighted by Gasteiger charge is 2.39. The Morgan fingerprint density at radius 1 is 1.12 bits per heavy atom. The monoisotopic (exact) mass is 363 g/mol. The number of carbonyl (C=O) groups is 1.